The topological polar surface area (TPSA) is 58.6 Å². The van der Waals surface area contributed by atoms with Gasteiger partial charge in [-0.2, -0.15) is 0 Å². The first kappa shape index (κ1) is 18.3. The fraction of sp³-hybridized carbons (Fsp3) is 0.579. The van der Waals surface area contributed by atoms with Crippen molar-refractivity contribution >= 4 is 12.0 Å². The zero-order chi connectivity index (χ0) is 17.7. The molecule has 2 rings (SSSR count). The van der Waals surface area contributed by atoms with Crippen LogP contribution in [0.2, 0.25) is 0 Å². The van der Waals surface area contributed by atoms with Crippen LogP contribution < -0.4 is 5.32 Å². The SMILES string of the molecule is Cc1ccc(CC(=O)N2CC[C@H](CNC(=O)OC(C)(C)C)C2)cc1. The highest BCUT2D eigenvalue weighted by atomic mass is 16.6. The van der Waals surface area contributed by atoms with Crippen LogP contribution >= 0.6 is 0 Å². The Bertz CT molecular complexity index is 575. The van der Waals surface area contributed by atoms with Gasteiger partial charge in [-0.25, -0.2) is 4.79 Å². The summed E-state index contributed by atoms with van der Waals surface area (Å²) >= 11 is 0. The van der Waals surface area contributed by atoms with Crippen LogP contribution in [0, 0.1) is 12.8 Å². The fourth-order valence-electron chi connectivity index (χ4n) is 2.76. The highest BCUT2D eigenvalue weighted by Gasteiger charge is 2.27. The second kappa shape index (κ2) is 7.69. The molecule has 0 spiro atoms. The van der Waals surface area contributed by atoms with Gasteiger partial charge in [-0.15, -0.1) is 0 Å². The number of hydrogen-bond acceptors (Lipinski definition) is 3. The highest BCUT2D eigenvalue weighted by molar-refractivity contribution is 5.79. The van der Waals surface area contributed by atoms with Gasteiger partial charge in [-0.05, 0) is 45.6 Å². The standard InChI is InChI=1S/C19H28N2O3/c1-14-5-7-15(8-6-14)11-17(22)21-10-9-16(13-21)12-20-18(23)24-19(2,3)4/h5-8,16H,9-13H2,1-4H3,(H,20,23)/t16-/m1/s1. The van der Waals surface area contributed by atoms with Crippen LogP contribution in [0.5, 0.6) is 0 Å². The molecule has 1 fully saturated rings. The molecule has 1 N–H and O–H groups in total. The summed E-state index contributed by atoms with van der Waals surface area (Å²) in [6, 6.07) is 8.07. The number of aryl methyl sites for hydroxylation is 1. The third-order valence-corrected chi connectivity index (χ3v) is 4.05. The van der Waals surface area contributed by atoms with Gasteiger partial charge < -0.3 is 15.0 Å². The number of likely N-dealkylation sites (tertiary alicyclic amines) is 1. The molecule has 0 bridgehead atoms. The Labute approximate surface area is 144 Å². The maximum Gasteiger partial charge on any atom is 0.407 e. The molecular weight excluding hydrogens is 304 g/mol. The molecule has 1 aromatic rings. The molecule has 0 unspecified atom stereocenters. The largest absolute Gasteiger partial charge is 0.444 e. The Morgan fingerprint density at radius 1 is 1.25 bits per heavy atom. The number of carbonyl (C=O) groups is 2. The highest BCUT2D eigenvalue weighted by Crippen LogP contribution is 2.17. The number of hydrogen-bond donors (Lipinski definition) is 1. The van der Waals surface area contributed by atoms with Gasteiger partial charge in [0.05, 0.1) is 6.42 Å². The molecular formula is C19H28N2O3. The van der Waals surface area contributed by atoms with Crippen molar-refractivity contribution in [3.63, 3.8) is 0 Å². The molecule has 5 heteroatoms. The molecule has 0 radical (unpaired) electrons. The Morgan fingerprint density at radius 3 is 2.54 bits per heavy atom. The second-order valence-corrected chi connectivity index (χ2v) is 7.54. The van der Waals surface area contributed by atoms with Gasteiger partial charge in [0.25, 0.3) is 0 Å². The quantitative estimate of drug-likeness (QED) is 0.922. The Morgan fingerprint density at radius 2 is 1.92 bits per heavy atom. The third-order valence-electron chi connectivity index (χ3n) is 4.05. The van der Waals surface area contributed by atoms with Crippen molar-refractivity contribution in [2.24, 2.45) is 5.92 Å². The maximum atomic E-state index is 12.4. The Balaban J connectivity index is 1.75. The predicted molar refractivity (Wildman–Crippen MR) is 93.8 cm³/mol. The summed E-state index contributed by atoms with van der Waals surface area (Å²) in [5.74, 6) is 0.443. The van der Waals surface area contributed by atoms with E-state index in [0.29, 0.717) is 25.4 Å². The van der Waals surface area contributed by atoms with Crippen LogP contribution in [0.15, 0.2) is 24.3 Å². The summed E-state index contributed by atoms with van der Waals surface area (Å²) in [7, 11) is 0. The van der Waals surface area contributed by atoms with Gasteiger partial charge in [0.1, 0.15) is 5.60 Å². The van der Waals surface area contributed by atoms with Gasteiger partial charge in [0.2, 0.25) is 5.91 Å². The minimum absolute atomic E-state index is 0.152. The molecule has 1 aliphatic rings. The van der Waals surface area contributed by atoms with E-state index in [2.05, 4.69) is 5.32 Å². The first-order chi connectivity index (χ1) is 11.2. The first-order valence-electron chi connectivity index (χ1n) is 8.53. The second-order valence-electron chi connectivity index (χ2n) is 7.54. The van der Waals surface area contributed by atoms with Crippen molar-refractivity contribution in [3.05, 3.63) is 35.4 Å². The molecule has 1 saturated heterocycles. The number of nitrogens with one attached hydrogen (secondary N) is 1. The van der Waals surface area contributed by atoms with Crippen LogP contribution in [0.25, 0.3) is 0 Å². The lowest BCUT2D eigenvalue weighted by Crippen LogP contribution is -2.36. The number of benzene rings is 1. The smallest absolute Gasteiger partial charge is 0.407 e. The monoisotopic (exact) mass is 332 g/mol. The first-order valence-corrected chi connectivity index (χ1v) is 8.53. The summed E-state index contributed by atoms with van der Waals surface area (Å²) in [6.07, 6.45) is 0.953. The van der Waals surface area contributed by atoms with Crippen LogP contribution in [-0.2, 0) is 16.0 Å². The van der Waals surface area contributed by atoms with Gasteiger partial charge in [0.15, 0.2) is 0 Å². The number of alkyl carbamates (subject to hydrolysis) is 1. The number of carbonyl (C=O) groups excluding carboxylic acids is 2. The predicted octanol–water partition coefficient (Wildman–Crippen LogP) is 2.91. The van der Waals surface area contributed by atoms with Gasteiger partial charge >= 0.3 is 6.09 Å². The summed E-state index contributed by atoms with van der Waals surface area (Å²) in [5.41, 5.74) is 1.75. The zero-order valence-electron chi connectivity index (χ0n) is 15.1. The third kappa shape index (κ3) is 5.87. The number of ether oxygens (including phenoxy) is 1. The van der Waals surface area contributed by atoms with Crippen LogP contribution in [-0.4, -0.2) is 42.1 Å². The molecule has 0 aliphatic carbocycles. The number of rotatable bonds is 4. The van der Waals surface area contributed by atoms with Gasteiger partial charge in [0, 0.05) is 19.6 Å². The Hall–Kier alpha value is -2.04. The van der Waals surface area contributed by atoms with Crippen molar-refractivity contribution in [3.8, 4) is 0 Å². The lowest BCUT2D eigenvalue weighted by molar-refractivity contribution is -0.129. The van der Waals surface area contributed by atoms with Crippen molar-refractivity contribution < 1.29 is 14.3 Å². The molecule has 5 nitrogen and oxygen atoms in total. The summed E-state index contributed by atoms with van der Waals surface area (Å²) < 4.78 is 5.23. The van der Waals surface area contributed by atoms with E-state index < -0.39 is 11.7 Å². The minimum atomic E-state index is -0.490. The fourth-order valence-corrected chi connectivity index (χ4v) is 2.76. The molecule has 0 aromatic heterocycles. The van der Waals surface area contributed by atoms with Gasteiger partial charge in [-0.1, -0.05) is 29.8 Å². The van der Waals surface area contributed by atoms with Gasteiger partial charge in [-0.3, -0.25) is 4.79 Å². The summed E-state index contributed by atoms with van der Waals surface area (Å²) in [5, 5.41) is 2.80. The number of nitrogens with zero attached hydrogens (tertiary/aromatic N) is 1. The molecule has 0 saturated carbocycles. The average molecular weight is 332 g/mol. The Kier molecular flexibility index (Phi) is 5.86. The minimum Gasteiger partial charge on any atom is -0.444 e. The van der Waals surface area contributed by atoms with Crippen LogP contribution in [0.4, 0.5) is 4.79 Å². The zero-order valence-corrected chi connectivity index (χ0v) is 15.1. The molecule has 2 amide bonds. The van der Waals surface area contributed by atoms with Crippen molar-refractivity contribution in [1.82, 2.24) is 10.2 Å². The summed E-state index contributed by atoms with van der Waals surface area (Å²) in [6.45, 7) is 9.55. The molecule has 1 aromatic carbocycles. The molecule has 132 valence electrons. The van der Waals surface area contributed by atoms with E-state index in [1.165, 1.54) is 5.56 Å². The van der Waals surface area contributed by atoms with E-state index >= 15 is 0 Å². The molecule has 1 heterocycles. The maximum absolute atomic E-state index is 12.4. The van der Waals surface area contributed by atoms with Crippen molar-refractivity contribution in [2.45, 2.75) is 46.1 Å². The average Bonchev–Trinajstić information content (AvgIpc) is 2.95. The van der Waals surface area contributed by atoms with E-state index in [-0.39, 0.29) is 5.91 Å². The van der Waals surface area contributed by atoms with Crippen molar-refractivity contribution in [1.29, 1.82) is 0 Å². The molecule has 1 aliphatic heterocycles. The normalized spacial score (nSPS) is 17.7. The van der Waals surface area contributed by atoms with E-state index in [9.17, 15) is 9.59 Å². The molecule has 24 heavy (non-hydrogen) atoms. The van der Waals surface area contributed by atoms with E-state index in [4.69, 9.17) is 4.74 Å². The molecule has 1 atom stereocenters. The van der Waals surface area contributed by atoms with E-state index in [1.54, 1.807) is 0 Å². The van der Waals surface area contributed by atoms with E-state index in [1.807, 2.05) is 56.9 Å². The lowest BCUT2D eigenvalue weighted by atomic mass is 10.1. The number of amides is 2. The van der Waals surface area contributed by atoms with Crippen LogP contribution in [0.1, 0.15) is 38.3 Å². The van der Waals surface area contributed by atoms with Crippen LogP contribution in [0.3, 0.4) is 0 Å². The van der Waals surface area contributed by atoms with E-state index in [0.717, 1.165) is 18.5 Å². The van der Waals surface area contributed by atoms with Crippen molar-refractivity contribution in [2.75, 3.05) is 19.6 Å². The summed E-state index contributed by atoms with van der Waals surface area (Å²) in [4.78, 5) is 26.0. The lowest BCUT2D eigenvalue weighted by Gasteiger charge is -2.21.